The molecular weight excluding hydrogens is 138 g/mol. The van der Waals surface area contributed by atoms with Gasteiger partial charge in [0.2, 0.25) is 0 Å². The van der Waals surface area contributed by atoms with Crippen LogP contribution in [0.4, 0.5) is 0 Å². The van der Waals surface area contributed by atoms with Crippen LogP contribution in [0.5, 0.6) is 0 Å². The first-order valence-electron chi connectivity index (χ1n) is 3.73. The maximum atomic E-state index is 5.63. The third kappa shape index (κ3) is 2.60. The van der Waals surface area contributed by atoms with Crippen molar-refractivity contribution in [3.05, 3.63) is 36.8 Å². The first kappa shape index (κ1) is 8.08. The minimum atomic E-state index is 0.0834. The summed E-state index contributed by atoms with van der Waals surface area (Å²) in [7, 11) is 0. The molecule has 2 heteroatoms. The molecule has 0 aliphatic heterocycles. The van der Waals surface area contributed by atoms with Gasteiger partial charge in [0, 0.05) is 12.5 Å². The Hall–Kier alpha value is -1.02. The highest BCUT2D eigenvalue weighted by atomic mass is 16.3. The molecule has 1 heterocycles. The van der Waals surface area contributed by atoms with E-state index < -0.39 is 0 Å². The third-order valence-corrected chi connectivity index (χ3v) is 1.61. The minimum absolute atomic E-state index is 0.0834. The van der Waals surface area contributed by atoms with Crippen LogP contribution in [0.3, 0.4) is 0 Å². The second-order valence-corrected chi connectivity index (χ2v) is 2.52. The topological polar surface area (TPSA) is 39.2 Å². The van der Waals surface area contributed by atoms with Gasteiger partial charge in [0.1, 0.15) is 5.76 Å². The predicted molar refractivity (Wildman–Crippen MR) is 45.2 cm³/mol. The van der Waals surface area contributed by atoms with E-state index in [1.54, 1.807) is 12.3 Å². The van der Waals surface area contributed by atoms with E-state index in [1.165, 1.54) is 0 Å². The summed E-state index contributed by atoms with van der Waals surface area (Å²) in [6.45, 7) is 3.60. The minimum Gasteiger partial charge on any atom is -0.469 e. The average Bonchev–Trinajstić information content (AvgIpc) is 2.52. The van der Waals surface area contributed by atoms with Gasteiger partial charge in [-0.15, -0.1) is 6.58 Å². The van der Waals surface area contributed by atoms with E-state index in [4.69, 9.17) is 10.2 Å². The molecule has 0 aromatic carbocycles. The van der Waals surface area contributed by atoms with Crippen LogP contribution < -0.4 is 5.73 Å². The van der Waals surface area contributed by atoms with Crippen LogP contribution in [0.25, 0.3) is 0 Å². The van der Waals surface area contributed by atoms with Crippen LogP contribution in [-0.2, 0) is 6.42 Å². The summed E-state index contributed by atoms with van der Waals surface area (Å²) in [6, 6.07) is 3.92. The predicted octanol–water partition coefficient (Wildman–Crippen LogP) is 1.73. The molecule has 1 unspecified atom stereocenters. The van der Waals surface area contributed by atoms with E-state index in [-0.39, 0.29) is 6.04 Å². The molecule has 60 valence electrons. The highest BCUT2D eigenvalue weighted by Crippen LogP contribution is 2.04. The highest BCUT2D eigenvalue weighted by molar-refractivity contribution is 4.99. The Morgan fingerprint density at radius 2 is 2.55 bits per heavy atom. The first-order valence-corrected chi connectivity index (χ1v) is 3.73. The van der Waals surface area contributed by atoms with Gasteiger partial charge in [0.25, 0.3) is 0 Å². The summed E-state index contributed by atoms with van der Waals surface area (Å²) >= 11 is 0. The molecule has 0 aliphatic rings. The molecule has 11 heavy (non-hydrogen) atoms. The summed E-state index contributed by atoms with van der Waals surface area (Å²) in [5, 5.41) is 0. The van der Waals surface area contributed by atoms with Crippen molar-refractivity contribution >= 4 is 0 Å². The largest absolute Gasteiger partial charge is 0.469 e. The van der Waals surface area contributed by atoms with Gasteiger partial charge in [0.15, 0.2) is 0 Å². The Kier molecular flexibility index (Phi) is 2.93. The van der Waals surface area contributed by atoms with E-state index >= 15 is 0 Å². The standard InChI is InChI=1S/C9H13NO/c1-2-8(10)5-6-9-4-3-7-11-9/h2-4,7-8H,1,5-6,10H2. The second-order valence-electron chi connectivity index (χ2n) is 2.52. The maximum absolute atomic E-state index is 5.63. The SMILES string of the molecule is C=CC(N)CCc1ccco1. The van der Waals surface area contributed by atoms with E-state index in [9.17, 15) is 0 Å². The van der Waals surface area contributed by atoms with E-state index in [2.05, 4.69) is 6.58 Å². The van der Waals surface area contributed by atoms with Gasteiger partial charge in [0.05, 0.1) is 6.26 Å². The number of rotatable bonds is 4. The molecule has 0 saturated heterocycles. The molecule has 1 aromatic heterocycles. The average molecular weight is 151 g/mol. The summed E-state index contributed by atoms with van der Waals surface area (Å²) in [6.07, 6.45) is 5.22. The normalized spacial score (nSPS) is 12.8. The fraction of sp³-hybridized carbons (Fsp3) is 0.333. The Morgan fingerprint density at radius 1 is 1.73 bits per heavy atom. The van der Waals surface area contributed by atoms with Crippen LogP contribution in [-0.4, -0.2) is 6.04 Å². The van der Waals surface area contributed by atoms with Crippen molar-refractivity contribution in [3.63, 3.8) is 0 Å². The molecule has 0 bridgehead atoms. The molecule has 0 radical (unpaired) electrons. The Morgan fingerprint density at radius 3 is 3.09 bits per heavy atom. The molecule has 0 saturated carbocycles. The Labute approximate surface area is 66.7 Å². The van der Waals surface area contributed by atoms with Crippen LogP contribution >= 0.6 is 0 Å². The van der Waals surface area contributed by atoms with Crippen molar-refractivity contribution in [2.75, 3.05) is 0 Å². The van der Waals surface area contributed by atoms with Gasteiger partial charge in [-0.1, -0.05) is 6.08 Å². The van der Waals surface area contributed by atoms with Gasteiger partial charge in [-0.2, -0.15) is 0 Å². The zero-order valence-electron chi connectivity index (χ0n) is 6.49. The number of furan rings is 1. The van der Waals surface area contributed by atoms with Gasteiger partial charge < -0.3 is 10.2 Å². The lowest BCUT2D eigenvalue weighted by atomic mass is 10.1. The number of aryl methyl sites for hydroxylation is 1. The van der Waals surface area contributed by atoms with Crippen LogP contribution in [0, 0.1) is 0 Å². The van der Waals surface area contributed by atoms with Crippen molar-refractivity contribution in [1.82, 2.24) is 0 Å². The van der Waals surface area contributed by atoms with Gasteiger partial charge in [-0.3, -0.25) is 0 Å². The molecule has 1 aromatic rings. The van der Waals surface area contributed by atoms with Crippen molar-refractivity contribution in [3.8, 4) is 0 Å². The molecule has 1 atom stereocenters. The quantitative estimate of drug-likeness (QED) is 0.665. The smallest absolute Gasteiger partial charge is 0.103 e. The highest BCUT2D eigenvalue weighted by Gasteiger charge is 1.99. The Balaban J connectivity index is 2.28. The number of hydrogen-bond donors (Lipinski definition) is 1. The monoisotopic (exact) mass is 151 g/mol. The molecular formula is C9H13NO. The van der Waals surface area contributed by atoms with E-state index in [0.717, 1.165) is 18.6 Å². The second kappa shape index (κ2) is 3.98. The van der Waals surface area contributed by atoms with E-state index in [1.807, 2.05) is 12.1 Å². The lowest BCUT2D eigenvalue weighted by molar-refractivity contribution is 0.496. The molecule has 2 nitrogen and oxygen atoms in total. The van der Waals surface area contributed by atoms with Crippen LogP contribution in [0.15, 0.2) is 35.5 Å². The van der Waals surface area contributed by atoms with E-state index in [0.29, 0.717) is 0 Å². The van der Waals surface area contributed by atoms with Crippen LogP contribution in [0.1, 0.15) is 12.2 Å². The molecule has 0 amide bonds. The summed E-state index contributed by atoms with van der Waals surface area (Å²) in [5.74, 6) is 0.988. The lowest BCUT2D eigenvalue weighted by Gasteiger charge is -2.02. The summed E-state index contributed by atoms with van der Waals surface area (Å²) in [4.78, 5) is 0. The number of nitrogens with two attached hydrogens (primary N) is 1. The van der Waals surface area contributed by atoms with Crippen molar-refractivity contribution in [2.45, 2.75) is 18.9 Å². The molecule has 2 N–H and O–H groups in total. The fourth-order valence-corrected chi connectivity index (χ4v) is 0.882. The van der Waals surface area contributed by atoms with Crippen molar-refractivity contribution < 1.29 is 4.42 Å². The molecule has 0 fully saturated rings. The number of hydrogen-bond acceptors (Lipinski definition) is 2. The van der Waals surface area contributed by atoms with Crippen molar-refractivity contribution in [2.24, 2.45) is 5.73 Å². The third-order valence-electron chi connectivity index (χ3n) is 1.61. The van der Waals surface area contributed by atoms with Crippen molar-refractivity contribution in [1.29, 1.82) is 0 Å². The summed E-state index contributed by atoms with van der Waals surface area (Å²) in [5.41, 5.74) is 5.63. The Bertz CT molecular complexity index is 203. The lowest BCUT2D eigenvalue weighted by Crippen LogP contribution is -2.16. The fourth-order valence-electron chi connectivity index (χ4n) is 0.882. The van der Waals surface area contributed by atoms with Gasteiger partial charge >= 0.3 is 0 Å². The first-order chi connectivity index (χ1) is 5.33. The zero-order valence-corrected chi connectivity index (χ0v) is 6.49. The zero-order chi connectivity index (χ0) is 8.10. The van der Waals surface area contributed by atoms with Crippen LogP contribution in [0.2, 0.25) is 0 Å². The molecule has 0 aliphatic carbocycles. The maximum Gasteiger partial charge on any atom is 0.103 e. The van der Waals surface area contributed by atoms with Gasteiger partial charge in [-0.25, -0.2) is 0 Å². The summed E-state index contributed by atoms with van der Waals surface area (Å²) < 4.78 is 5.14. The molecule has 1 rings (SSSR count). The molecule has 0 spiro atoms. The van der Waals surface area contributed by atoms with Gasteiger partial charge in [-0.05, 0) is 18.6 Å².